The Bertz CT molecular complexity index is 486. The summed E-state index contributed by atoms with van der Waals surface area (Å²) in [4.78, 5) is 12.8. The van der Waals surface area contributed by atoms with Crippen LogP contribution in [-0.4, -0.2) is 12.5 Å². The standard InChI is InChI=1S/C14H16BrNOS/c15-11-7-12(18-8-11)3-4-13(17)16-9-14(5-6-14)10-1-2-10/h3-4,7-8,10H,1-2,5-6,9H2,(H,16,17)/b4-3+. The molecule has 2 fully saturated rings. The molecule has 2 aliphatic rings. The van der Waals surface area contributed by atoms with E-state index in [4.69, 9.17) is 0 Å². The summed E-state index contributed by atoms with van der Waals surface area (Å²) in [6.45, 7) is 0.870. The first-order valence-corrected chi connectivity index (χ1v) is 8.05. The number of amides is 1. The van der Waals surface area contributed by atoms with E-state index in [2.05, 4.69) is 21.2 Å². The van der Waals surface area contributed by atoms with E-state index < -0.39 is 0 Å². The number of rotatable bonds is 5. The summed E-state index contributed by atoms with van der Waals surface area (Å²) in [6.07, 6.45) is 8.87. The second-order valence-electron chi connectivity index (χ2n) is 5.36. The largest absolute Gasteiger partial charge is 0.352 e. The van der Waals surface area contributed by atoms with Gasteiger partial charge in [-0.2, -0.15) is 0 Å². The van der Waals surface area contributed by atoms with Crippen LogP contribution in [0.3, 0.4) is 0 Å². The van der Waals surface area contributed by atoms with E-state index >= 15 is 0 Å². The maximum Gasteiger partial charge on any atom is 0.244 e. The molecule has 0 spiro atoms. The van der Waals surface area contributed by atoms with Crippen LogP contribution in [0.25, 0.3) is 6.08 Å². The van der Waals surface area contributed by atoms with E-state index in [1.807, 2.05) is 17.5 Å². The third-order valence-corrected chi connectivity index (χ3v) is 5.60. The molecule has 0 aromatic carbocycles. The number of carbonyl (C=O) groups is 1. The predicted molar refractivity (Wildman–Crippen MR) is 78.5 cm³/mol. The molecule has 1 aromatic rings. The SMILES string of the molecule is O=C(/C=C/c1cc(Br)cs1)NCC1(C2CC2)CC1. The van der Waals surface area contributed by atoms with Gasteiger partial charge in [-0.3, -0.25) is 4.79 Å². The average Bonchev–Trinajstić information content (AvgIpc) is 3.23. The molecule has 1 aromatic heterocycles. The van der Waals surface area contributed by atoms with Crippen molar-refractivity contribution in [2.75, 3.05) is 6.54 Å². The number of carbonyl (C=O) groups excluding carboxylic acids is 1. The summed E-state index contributed by atoms with van der Waals surface area (Å²) in [5.74, 6) is 0.932. The van der Waals surface area contributed by atoms with Gasteiger partial charge in [-0.1, -0.05) is 0 Å². The van der Waals surface area contributed by atoms with E-state index in [0.29, 0.717) is 5.41 Å². The Morgan fingerprint density at radius 2 is 2.33 bits per heavy atom. The first-order chi connectivity index (χ1) is 8.68. The van der Waals surface area contributed by atoms with E-state index in [1.165, 1.54) is 25.7 Å². The summed E-state index contributed by atoms with van der Waals surface area (Å²) >= 11 is 5.03. The zero-order valence-corrected chi connectivity index (χ0v) is 12.5. The van der Waals surface area contributed by atoms with Crippen LogP contribution in [0.5, 0.6) is 0 Å². The van der Waals surface area contributed by atoms with Crippen molar-refractivity contribution in [3.8, 4) is 0 Å². The fraction of sp³-hybridized carbons (Fsp3) is 0.500. The molecule has 18 heavy (non-hydrogen) atoms. The summed E-state index contributed by atoms with van der Waals surface area (Å²) in [5, 5.41) is 5.07. The predicted octanol–water partition coefficient (Wildman–Crippen LogP) is 3.83. The highest BCUT2D eigenvalue weighted by molar-refractivity contribution is 9.10. The molecule has 2 saturated carbocycles. The van der Waals surface area contributed by atoms with Gasteiger partial charge in [0.15, 0.2) is 0 Å². The number of thiophene rings is 1. The lowest BCUT2D eigenvalue weighted by Gasteiger charge is -2.13. The Hall–Kier alpha value is -0.610. The molecule has 0 atom stereocenters. The van der Waals surface area contributed by atoms with Crippen molar-refractivity contribution >= 4 is 39.2 Å². The molecular weight excluding hydrogens is 310 g/mol. The number of nitrogens with one attached hydrogen (secondary N) is 1. The number of halogens is 1. The first-order valence-electron chi connectivity index (χ1n) is 6.38. The van der Waals surface area contributed by atoms with Crippen LogP contribution >= 0.6 is 27.3 Å². The smallest absolute Gasteiger partial charge is 0.244 e. The Labute approximate surface area is 120 Å². The van der Waals surface area contributed by atoms with E-state index in [1.54, 1.807) is 17.4 Å². The summed E-state index contributed by atoms with van der Waals surface area (Å²) in [6, 6.07) is 2.01. The van der Waals surface area contributed by atoms with Crippen LogP contribution in [0.15, 0.2) is 22.0 Å². The van der Waals surface area contributed by atoms with Gasteiger partial charge >= 0.3 is 0 Å². The molecule has 0 bridgehead atoms. The molecule has 3 rings (SSSR count). The van der Waals surface area contributed by atoms with E-state index in [0.717, 1.165) is 21.8 Å². The van der Waals surface area contributed by atoms with Crippen molar-refractivity contribution < 1.29 is 4.79 Å². The van der Waals surface area contributed by atoms with Gasteiger partial charge in [-0.05, 0) is 65.1 Å². The lowest BCUT2D eigenvalue weighted by atomic mass is 10.0. The highest BCUT2D eigenvalue weighted by atomic mass is 79.9. The van der Waals surface area contributed by atoms with Crippen molar-refractivity contribution in [3.05, 3.63) is 26.9 Å². The third-order valence-electron chi connectivity index (χ3n) is 3.94. The molecule has 0 aliphatic heterocycles. The summed E-state index contributed by atoms with van der Waals surface area (Å²) < 4.78 is 1.07. The molecule has 0 radical (unpaired) electrons. The molecule has 96 valence electrons. The minimum absolute atomic E-state index is 0.0337. The zero-order valence-electron chi connectivity index (χ0n) is 10.1. The van der Waals surface area contributed by atoms with Crippen LogP contribution in [-0.2, 0) is 4.79 Å². The lowest BCUT2D eigenvalue weighted by Crippen LogP contribution is -2.29. The Kier molecular flexibility index (Phi) is 3.32. The zero-order chi connectivity index (χ0) is 12.6. The Morgan fingerprint density at radius 3 is 2.89 bits per heavy atom. The maximum absolute atomic E-state index is 11.7. The number of hydrogen-bond acceptors (Lipinski definition) is 2. The fourth-order valence-corrected chi connectivity index (χ4v) is 3.82. The van der Waals surface area contributed by atoms with Crippen molar-refractivity contribution in [2.24, 2.45) is 11.3 Å². The van der Waals surface area contributed by atoms with Gasteiger partial charge in [0.1, 0.15) is 0 Å². The molecule has 0 unspecified atom stereocenters. The van der Waals surface area contributed by atoms with Gasteiger partial charge in [0, 0.05) is 27.4 Å². The van der Waals surface area contributed by atoms with Crippen LogP contribution < -0.4 is 5.32 Å². The van der Waals surface area contributed by atoms with Crippen LogP contribution in [0, 0.1) is 11.3 Å². The minimum Gasteiger partial charge on any atom is -0.352 e. The second-order valence-corrected chi connectivity index (χ2v) is 7.21. The van der Waals surface area contributed by atoms with Crippen LogP contribution in [0.1, 0.15) is 30.6 Å². The van der Waals surface area contributed by atoms with Crippen LogP contribution in [0.4, 0.5) is 0 Å². The second kappa shape index (κ2) is 4.82. The van der Waals surface area contributed by atoms with Crippen molar-refractivity contribution in [2.45, 2.75) is 25.7 Å². The van der Waals surface area contributed by atoms with Crippen molar-refractivity contribution in [3.63, 3.8) is 0 Å². The topological polar surface area (TPSA) is 29.1 Å². The maximum atomic E-state index is 11.7. The van der Waals surface area contributed by atoms with Gasteiger partial charge in [0.2, 0.25) is 5.91 Å². The summed E-state index contributed by atoms with van der Waals surface area (Å²) in [7, 11) is 0. The van der Waals surface area contributed by atoms with E-state index in [-0.39, 0.29) is 5.91 Å². The van der Waals surface area contributed by atoms with Gasteiger partial charge in [0.25, 0.3) is 0 Å². The van der Waals surface area contributed by atoms with Crippen LogP contribution in [0.2, 0.25) is 0 Å². The molecular formula is C14H16BrNOS. The van der Waals surface area contributed by atoms with Gasteiger partial charge < -0.3 is 5.32 Å². The third kappa shape index (κ3) is 2.86. The summed E-state index contributed by atoms with van der Waals surface area (Å²) in [5.41, 5.74) is 0.482. The molecule has 2 aliphatic carbocycles. The van der Waals surface area contributed by atoms with Crippen molar-refractivity contribution in [1.29, 1.82) is 0 Å². The Balaban J connectivity index is 1.48. The number of hydrogen-bond donors (Lipinski definition) is 1. The Morgan fingerprint density at radius 1 is 1.56 bits per heavy atom. The average molecular weight is 326 g/mol. The first kappa shape index (κ1) is 12.4. The quantitative estimate of drug-likeness (QED) is 0.819. The normalized spacial score (nSPS) is 21.2. The monoisotopic (exact) mass is 325 g/mol. The fourth-order valence-electron chi connectivity index (χ4n) is 2.48. The van der Waals surface area contributed by atoms with Gasteiger partial charge in [-0.25, -0.2) is 0 Å². The van der Waals surface area contributed by atoms with Gasteiger partial charge in [0.05, 0.1) is 0 Å². The lowest BCUT2D eigenvalue weighted by molar-refractivity contribution is -0.116. The molecule has 4 heteroatoms. The minimum atomic E-state index is 0.0337. The highest BCUT2D eigenvalue weighted by Crippen LogP contribution is 2.60. The van der Waals surface area contributed by atoms with E-state index in [9.17, 15) is 4.79 Å². The van der Waals surface area contributed by atoms with Crippen molar-refractivity contribution in [1.82, 2.24) is 5.32 Å². The molecule has 0 saturated heterocycles. The molecule has 1 heterocycles. The molecule has 2 nitrogen and oxygen atoms in total. The highest BCUT2D eigenvalue weighted by Gasteiger charge is 2.53. The molecule has 1 amide bonds. The molecule has 1 N–H and O–H groups in total. The van der Waals surface area contributed by atoms with Gasteiger partial charge in [-0.15, -0.1) is 11.3 Å².